The number of likely N-dealkylation sites (tertiary alicyclic amines) is 1. The van der Waals surface area contributed by atoms with Gasteiger partial charge >= 0.3 is 5.97 Å². The summed E-state index contributed by atoms with van der Waals surface area (Å²) < 4.78 is 12.2. The van der Waals surface area contributed by atoms with Crippen molar-refractivity contribution in [3.63, 3.8) is 0 Å². The van der Waals surface area contributed by atoms with Crippen LogP contribution >= 0.6 is 0 Å². The van der Waals surface area contributed by atoms with Crippen molar-refractivity contribution in [2.75, 3.05) is 19.7 Å². The number of hydrogen-bond acceptors (Lipinski definition) is 4. The Kier molecular flexibility index (Phi) is 10.6. The fourth-order valence-corrected chi connectivity index (χ4v) is 5.95. The Labute approximate surface area is 235 Å². The third-order valence-corrected chi connectivity index (χ3v) is 8.26. The number of nitrogens with zero attached hydrogens (tertiary/aromatic N) is 1. The first-order valence-corrected chi connectivity index (χ1v) is 14.7. The second-order valence-electron chi connectivity index (χ2n) is 12.0. The Morgan fingerprint density at radius 1 is 1.18 bits per heavy atom. The first-order valence-electron chi connectivity index (χ1n) is 14.7. The maximum atomic E-state index is 14.0. The normalized spacial score (nSPS) is 22.4. The third-order valence-electron chi connectivity index (χ3n) is 8.26. The first kappa shape index (κ1) is 30.7. The fraction of sp³-hybridized carbons (Fsp3) is 0.576. The van der Waals surface area contributed by atoms with E-state index in [1.54, 1.807) is 0 Å². The number of allylic oxidation sites excluding steroid dienone is 4. The van der Waals surface area contributed by atoms with E-state index in [1.165, 1.54) is 6.92 Å². The lowest BCUT2D eigenvalue weighted by molar-refractivity contribution is -0.959. The predicted octanol–water partition coefficient (Wildman–Crippen LogP) is 7.00. The minimum atomic E-state index is -0.383. The molecule has 1 fully saturated rings. The van der Waals surface area contributed by atoms with Crippen LogP contribution in [-0.4, -0.2) is 42.1 Å². The van der Waals surface area contributed by atoms with Gasteiger partial charge in [0.2, 0.25) is 0 Å². The van der Waals surface area contributed by atoms with Gasteiger partial charge in [-0.25, -0.2) is 0 Å². The zero-order valence-electron chi connectivity index (χ0n) is 25.0. The summed E-state index contributed by atoms with van der Waals surface area (Å²) in [6.07, 6.45) is 11.2. The van der Waals surface area contributed by atoms with Gasteiger partial charge in [0.25, 0.3) is 5.91 Å². The molecule has 1 N–H and O–H groups in total. The monoisotopic (exact) mass is 537 g/mol. The summed E-state index contributed by atoms with van der Waals surface area (Å²) >= 11 is 0. The van der Waals surface area contributed by atoms with Crippen molar-refractivity contribution in [3.05, 3.63) is 59.3 Å². The van der Waals surface area contributed by atoms with Crippen LogP contribution in [0, 0.1) is 5.41 Å². The van der Waals surface area contributed by atoms with Gasteiger partial charge in [0, 0.05) is 30.0 Å². The van der Waals surface area contributed by atoms with Gasteiger partial charge in [-0.05, 0) is 68.4 Å². The SMILES string of the molecule is C=C(CC)COc1cc(C[N+]2(CCCC)CCCCC2C(=O)NC2=C(C)C=CCC2(C)C)ccc1OC(C)=O. The van der Waals surface area contributed by atoms with E-state index >= 15 is 0 Å². The smallest absolute Gasteiger partial charge is 0.308 e. The van der Waals surface area contributed by atoms with Crippen LogP contribution in [-0.2, 0) is 16.1 Å². The number of amides is 1. The van der Waals surface area contributed by atoms with E-state index in [2.05, 4.69) is 51.7 Å². The molecule has 0 aromatic heterocycles. The molecule has 39 heavy (non-hydrogen) atoms. The van der Waals surface area contributed by atoms with Gasteiger partial charge in [-0.15, -0.1) is 0 Å². The second kappa shape index (κ2) is 13.5. The zero-order chi connectivity index (χ0) is 28.6. The molecule has 1 heterocycles. The fourth-order valence-electron chi connectivity index (χ4n) is 5.95. The van der Waals surface area contributed by atoms with Crippen LogP contribution in [0.25, 0.3) is 0 Å². The summed E-state index contributed by atoms with van der Waals surface area (Å²) in [5, 5.41) is 3.41. The predicted molar refractivity (Wildman–Crippen MR) is 157 cm³/mol. The van der Waals surface area contributed by atoms with Gasteiger partial charge in [0.1, 0.15) is 13.2 Å². The van der Waals surface area contributed by atoms with Crippen molar-refractivity contribution in [1.82, 2.24) is 5.32 Å². The minimum Gasteiger partial charge on any atom is -0.485 e. The van der Waals surface area contributed by atoms with Crippen molar-refractivity contribution >= 4 is 11.9 Å². The number of esters is 1. The molecule has 1 aromatic rings. The van der Waals surface area contributed by atoms with E-state index in [9.17, 15) is 9.59 Å². The van der Waals surface area contributed by atoms with Gasteiger partial charge in [0.05, 0.1) is 13.1 Å². The molecule has 1 aliphatic heterocycles. The first-order chi connectivity index (χ1) is 18.5. The molecule has 6 nitrogen and oxygen atoms in total. The van der Waals surface area contributed by atoms with Crippen molar-refractivity contribution in [1.29, 1.82) is 0 Å². The molecule has 3 rings (SSSR count). The molecule has 6 heteroatoms. The molecule has 0 saturated carbocycles. The van der Waals surface area contributed by atoms with Crippen LogP contribution in [0.15, 0.2) is 53.8 Å². The number of benzene rings is 1. The Morgan fingerprint density at radius 2 is 1.95 bits per heavy atom. The number of ether oxygens (including phenoxy) is 2. The van der Waals surface area contributed by atoms with E-state index in [4.69, 9.17) is 9.47 Å². The number of piperidine rings is 1. The lowest BCUT2D eigenvalue weighted by Gasteiger charge is -2.47. The lowest BCUT2D eigenvalue weighted by Crippen LogP contribution is -2.63. The molecule has 1 saturated heterocycles. The standard InChI is InChI=1S/C33H48N2O4/c1-8-10-19-35(22-27-16-17-29(39-26(5)36)30(21-27)38-23-24(3)9-2)20-12-11-15-28(35)32(37)34-31-25(4)14-13-18-33(31,6)7/h13-14,16-17,21,28H,3,8-12,15,18-20,22-23H2,1-2,4-7H3/p+1. The molecular formula is C33H49N2O4+. The summed E-state index contributed by atoms with van der Waals surface area (Å²) in [5.41, 5.74) is 4.14. The highest BCUT2D eigenvalue weighted by Crippen LogP contribution is 2.37. The van der Waals surface area contributed by atoms with Crippen LogP contribution in [0.2, 0.25) is 0 Å². The largest absolute Gasteiger partial charge is 0.485 e. The van der Waals surface area contributed by atoms with Crippen molar-refractivity contribution in [2.45, 2.75) is 99.1 Å². The molecule has 2 aliphatic rings. The van der Waals surface area contributed by atoms with E-state index in [-0.39, 0.29) is 23.3 Å². The van der Waals surface area contributed by atoms with Crippen molar-refractivity contribution in [2.24, 2.45) is 5.41 Å². The van der Waals surface area contributed by atoms with E-state index in [1.807, 2.05) is 25.1 Å². The molecule has 214 valence electrons. The van der Waals surface area contributed by atoms with Gasteiger partial charge in [-0.3, -0.25) is 9.59 Å². The van der Waals surface area contributed by atoms with Gasteiger partial charge in [0.15, 0.2) is 17.5 Å². The highest BCUT2D eigenvalue weighted by atomic mass is 16.6. The van der Waals surface area contributed by atoms with Gasteiger partial charge in [-0.2, -0.15) is 0 Å². The Bertz CT molecular complexity index is 1120. The van der Waals surface area contributed by atoms with Gasteiger partial charge < -0.3 is 19.3 Å². The average Bonchev–Trinajstić information content (AvgIpc) is 2.89. The number of carbonyl (C=O) groups is 2. The summed E-state index contributed by atoms with van der Waals surface area (Å²) in [5.74, 6) is 0.709. The maximum Gasteiger partial charge on any atom is 0.308 e. The van der Waals surface area contributed by atoms with E-state index in [0.717, 1.165) is 91.5 Å². The van der Waals surface area contributed by atoms with Crippen molar-refractivity contribution in [3.8, 4) is 11.5 Å². The molecule has 1 aliphatic carbocycles. The molecular weight excluding hydrogens is 488 g/mol. The molecule has 1 amide bonds. The maximum absolute atomic E-state index is 14.0. The number of unbranched alkanes of at least 4 members (excludes halogenated alkanes) is 1. The molecule has 0 radical (unpaired) electrons. The third kappa shape index (κ3) is 7.84. The zero-order valence-corrected chi connectivity index (χ0v) is 25.0. The second-order valence-corrected chi connectivity index (χ2v) is 12.0. The Balaban J connectivity index is 1.94. The van der Waals surface area contributed by atoms with E-state index < -0.39 is 0 Å². The summed E-state index contributed by atoms with van der Waals surface area (Å²) in [6, 6.07) is 5.70. The van der Waals surface area contributed by atoms with Crippen molar-refractivity contribution < 1.29 is 23.5 Å². The molecule has 0 spiro atoms. The van der Waals surface area contributed by atoms with Crippen LogP contribution in [0.5, 0.6) is 11.5 Å². The molecule has 0 bridgehead atoms. The Hall–Kier alpha value is -2.86. The molecule has 1 aromatic carbocycles. The summed E-state index contributed by atoms with van der Waals surface area (Å²) in [6.45, 7) is 19.2. The van der Waals surface area contributed by atoms with Crippen LogP contribution < -0.4 is 14.8 Å². The Morgan fingerprint density at radius 3 is 2.62 bits per heavy atom. The van der Waals surface area contributed by atoms with Crippen LogP contribution in [0.4, 0.5) is 0 Å². The molecule has 2 atom stereocenters. The highest BCUT2D eigenvalue weighted by molar-refractivity contribution is 5.83. The summed E-state index contributed by atoms with van der Waals surface area (Å²) in [4.78, 5) is 25.8. The number of hydrogen-bond donors (Lipinski definition) is 1. The topological polar surface area (TPSA) is 64.6 Å². The quantitative estimate of drug-likeness (QED) is 0.135. The minimum absolute atomic E-state index is 0.0937. The number of quaternary nitrogens is 1. The number of carbonyl (C=O) groups excluding carboxylic acids is 2. The lowest BCUT2D eigenvalue weighted by atomic mass is 9.79. The van der Waals surface area contributed by atoms with Gasteiger partial charge in [-0.1, -0.05) is 52.8 Å². The number of nitrogens with one attached hydrogen (secondary N) is 1. The highest BCUT2D eigenvalue weighted by Gasteiger charge is 2.44. The van der Waals surface area contributed by atoms with E-state index in [0.29, 0.717) is 18.1 Å². The van der Waals surface area contributed by atoms with Crippen LogP contribution in [0.1, 0.15) is 92.1 Å². The van der Waals surface area contributed by atoms with Crippen LogP contribution in [0.3, 0.4) is 0 Å². The average molecular weight is 538 g/mol. The summed E-state index contributed by atoms with van der Waals surface area (Å²) in [7, 11) is 0. The number of rotatable bonds is 12. The molecule has 2 unspecified atom stereocenters.